The van der Waals surface area contributed by atoms with Gasteiger partial charge >= 0.3 is 0 Å². The van der Waals surface area contributed by atoms with Crippen LogP contribution in [0, 0.1) is 11.6 Å². The average Bonchev–Trinajstić information content (AvgIpc) is 2.51. The number of benzene rings is 1. The number of hydrogen-bond acceptors (Lipinski definition) is 3. The molecule has 0 aliphatic rings. The van der Waals surface area contributed by atoms with Crippen molar-refractivity contribution in [1.29, 1.82) is 0 Å². The van der Waals surface area contributed by atoms with Gasteiger partial charge in [0.1, 0.15) is 17.3 Å². The zero-order valence-electron chi connectivity index (χ0n) is 12.7. The van der Waals surface area contributed by atoms with Crippen molar-refractivity contribution < 1.29 is 13.6 Å². The van der Waals surface area contributed by atoms with Crippen LogP contribution in [-0.4, -0.2) is 16.9 Å². The molecule has 122 valence electrons. The van der Waals surface area contributed by atoms with Crippen LogP contribution >= 0.6 is 11.6 Å². The van der Waals surface area contributed by atoms with E-state index >= 15 is 0 Å². The molecule has 0 saturated carbocycles. The summed E-state index contributed by atoms with van der Waals surface area (Å²) in [4.78, 5) is 15.9. The minimum Gasteiger partial charge on any atom is -0.381 e. The summed E-state index contributed by atoms with van der Waals surface area (Å²) in [7, 11) is 0. The van der Waals surface area contributed by atoms with Gasteiger partial charge < -0.3 is 10.6 Å². The summed E-state index contributed by atoms with van der Waals surface area (Å²) in [5.74, 6) is -1.80. The highest BCUT2D eigenvalue weighted by Gasteiger charge is 2.13. The molecule has 0 unspecified atom stereocenters. The summed E-state index contributed by atoms with van der Waals surface area (Å²) in [6, 6.07) is 5.37. The number of nitrogens with zero attached hydrogens (tertiary/aromatic N) is 1. The number of hydrogen-bond donors (Lipinski definition) is 2. The Morgan fingerprint density at radius 1 is 1.30 bits per heavy atom. The number of carbonyl (C=O) groups is 1. The van der Waals surface area contributed by atoms with Crippen LogP contribution in [0.3, 0.4) is 0 Å². The van der Waals surface area contributed by atoms with Gasteiger partial charge in [0, 0.05) is 30.0 Å². The molecule has 2 N–H and O–H groups in total. The van der Waals surface area contributed by atoms with Crippen molar-refractivity contribution in [2.24, 2.45) is 0 Å². The van der Waals surface area contributed by atoms with Gasteiger partial charge in [-0.15, -0.1) is 0 Å². The van der Waals surface area contributed by atoms with E-state index < -0.39 is 11.6 Å². The maximum absolute atomic E-state index is 13.8. The predicted molar refractivity (Wildman–Crippen MR) is 85.5 cm³/mol. The fourth-order valence-electron chi connectivity index (χ4n) is 1.92. The maximum atomic E-state index is 13.8. The number of halogens is 3. The lowest BCUT2D eigenvalue weighted by Crippen LogP contribution is -2.30. The molecule has 0 aliphatic carbocycles. The molecule has 0 spiro atoms. The zero-order valence-corrected chi connectivity index (χ0v) is 13.4. The third-order valence-electron chi connectivity index (χ3n) is 3.02. The number of aromatic nitrogens is 1. The second-order valence-corrected chi connectivity index (χ2v) is 5.64. The van der Waals surface area contributed by atoms with Gasteiger partial charge in [-0.2, -0.15) is 0 Å². The highest BCUT2D eigenvalue weighted by Crippen LogP contribution is 2.22. The molecule has 0 fully saturated rings. The van der Waals surface area contributed by atoms with Gasteiger partial charge in [-0.1, -0.05) is 11.6 Å². The summed E-state index contributed by atoms with van der Waals surface area (Å²) < 4.78 is 27.5. The normalized spacial score (nSPS) is 10.7. The molecule has 23 heavy (non-hydrogen) atoms. The Morgan fingerprint density at radius 2 is 2.04 bits per heavy atom. The van der Waals surface area contributed by atoms with Crippen LogP contribution in [0.25, 0.3) is 0 Å². The number of carbonyl (C=O) groups excluding carboxylic acids is 1. The van der Waals surface area contributed by atoms with Gasteiger partial charge in [0.15, 0.2) is 0 Å². The van der Waals surface area contributed by atoms with Gasteiger partial charge in [0.2, 0.25) is 0 Å². The van der Waals surface area contributed by atoms with Crippen molar-refractivity contribution in [3.05, 3.63) is 58.4 Å². The molecule has 1 aromatic heterocycles. The average molecular weight is 340 g/mol. The van der Waals surface area contributed by atoms with Gasteiger partial charge in [0.25, 0.3) is 5.91 Å². The second-order valence-electron chi connectivity index (χ2n) is 5.23. The van der Waals surface area contributed by atoms with Crippen molar-refractivity contribution in [3.8, 4) is 0 Å². The quantitative estimate of drug-likeness (QED) is 0.815. The van der Waals surface area contributed by atoms with Crippen LogP contribution < -0.4 is 10.6 Å². The lowest BCUT2D eigenvalue weighted by molar-refractivity contribution is 0.0938. The molecular weight excluding hydrogens is 324 g/mol. The number of amides is 1. The number of anilines is 1. The Morgan fingerprint density at radius 3 is 2.74 bits per heavy atom. The number of rotatable bonds is 5. The Balaban J connectivity index is 2.13. The van der Waals surface area contributed by atoms with Crippen molar-refractivity contribution in [3.63, 3.8) is 0 Å². The molecule has 7 heteroatoms. The SMILES string of the molecule is CC(C)NC(=O)c1cc(NCc2c(F)ccc(Cl)c2F)ccn1. The van der Waals surface area contributed by atoms with E-state index in [9.17, 15) is 13.6 Å². The fourth-order valence-corrected chi connectivity index (χ4v) is 2.10. The highest BCUT2D eigenvalue weighted by molar-refractivity contribution is 6.30. The van der Waals surface area contributed by atoms with E-state index in [0.29, 0.717) is 5.69 Å². The first-order valence-electron chi connectivity index (χ1n) is 7.01. The lowest BCUT2D eigenvalue weighted by Gasteiger charge is -2.11. The summed E-state index contributed by atoms with van der Waals surface area (Å²) >= 11 is 5.65. The summed E-state index contributed by atoms with van der Waals surface area (Å²) in [5, 5.41) is 5.44. The standard InChI is InChI=1S/C16H16ClF2N3O/c1-9(2)22-16(23)14-7-10(5-6-20-14)21-8-11-13(18)4-3-12(17)15(11)19/h3-7,9H,8H2,1-2H3,(H,20,21)(H,22,23). The summed E-state index contributed by atoms with van der Waals surface area (Å²) in [6.07, 6.45) is 1.45. The monoisotopic (exact) mass is 339 g/mol. The molecule has 0 bridgehead atoms. The molecule has 1 aromatic carbocycles. The molecular formula is C16H16ClF2N3O. The summed E-state index contributed by atoms with van der Waals surface area (Å²) in [6.45, 7) is 3.57. The van der Waals surface area contributed by atoms with Crippen LogP contribution in [0.4, 0.5) is 14.5 Å². The molecule has 2 aromatic rings. The maximum Gasteiger partial charge on any atom is 0.270 e. The first-order chi connectivity index (χ1) is 10.9. The first-order valence-corrected chi connectivity index (χ1v) is 7.39. The van der Waals surface area contributed by atoms with Crippen LogP contribution in [0.1, 0.15) is 29.9 Å². The van der Waals surface area contributed by atoms with Crippen LogP contribution in [-0.2, 0) is 6.54 Å². The summed E-state index contributed by atoms with van der Waals surface area (Å²) in [5.41, 5.74) is 0.575. The minimum absolute atomic E-state index is 0.0180. The molecule has 0 radical (unpaired) electrons. The van der Waals surface area contributed by atoms with E-state index in [1.165, 1.54) is 12.3 Å². The van der Waals surface area contributed by atoms with E-state index in [1.54, 1.807) is 6.07 Å². The van der Waals surface area contributed by atoms with Crippen molar-refractivity contribution >= 4 is 23.2 Å². The molecule has 1 heterocycles. The smallest absolute Gasteiger partial charge is 0.270 e. The van der Waals surface area contributed by atoms with Crippen molar-refractivity contribution in [1.82, 2.24) is 10.3 Å². The Bertz CT molecular complexity index is 722. The van der Waals surface area contributed by atoms with Gasteiger partial charge in [-0.25, -0.2) is 8.78 Å². The highest BCUT2D eigenvalue weighted by atomic mass is 35.5. The largest absolute Gasteiger partial charge is 0.381 e. The number of nitrogens with one attached hydrogen (secondary N) is 2. The van der Waals surface area contributed by atoms with Crippen LogP contribution in [0.15, 0.2) is 30.5 Å². The second kappa shape index (κ2) is 7.37. The van der Waals surface area contributed by atoms with Gasteiger partial charge in [0.05, 0.1) is 5.02 Å². The predicted octanol–water partition coefficient (Wildman–Crippen LogP) is 3.76. The van der Waals surface area contributed by atoms with E-state index in [2.05, 4.69) is 15.6 Å². The molecule has 0 atom stereocenters. The lowest BCUT2D eigenvalue weighted by atomic mass is 10.2. The van der Waals surface area contributed by atoms with Gasteiger partial charge in [-0.05, 0) is 38.1 Å². The number of pyridine rings is 1. The van der Waals surface area contributed by atoms with Crippen molar-refractivity contribution in [2.75, 3.05) is 5.32 Å². The Hall–Kier alpha value is -2.21. The van der Waals surface area contributed by atoms with E-state index in [0.717, 1.165) is 12.1 Å². The molecule has 0 saturated heterocycles. The van der Waals surface area contributed by atoms with E-state index in [-0.39, 0.29) is 34.8 Å². The third-order valence-corrected chi connectivity index (χ3v) is 3.31. The van der Waals surface area contributed by atoms with Crippen LogP contribution in [0.2, 0.25) is 5.02 Å². The molecule has 0 aliphatic heterocycles. The Kier molecular flexibility index (Phi) is 5.50. The van der Waals surface area contributed by atoms with Crippen molar-refractivity contribution in [2.45, 2.75) is 26.4 Å². The zero-order chi connectivity index (χ0) is 17.0. The fraction of sp³-hybridized carbons (Fsp3) is 0.250. The van der Waals surface area contributed by atoms with E-state index in [4.69, 9.17) is 11.6 Å². The van der Waals surface area contributed by atoms with E-state index in [1.807, 2.05) is 13.8 Å². The molecule has 1 amide bonds. The topological polar surface area (TPSA) is 54.0 Å². The van der Waals surface area contributed by atoms with Crippen LogP contribution in [0.5, 0.6) is 0 Å². The van der Waals surface area contributed by atoms with Gasteiger partial charge in [-0.3, -0.25) is 9.78 Å². The first kappa shape index (κ1) is 17.1. The minimum atomic E-state index is -0.800. The molecule has 4 nitrogen and oxygen atoms in total. The Labute approximate surface area is 137 Å². The third kappa shape index (κ3) is 4.39. The molecule has 2 rings (SSSR count).